The third kappa shape index (κ3) is 2.03. The molecule has 0 heterocycles. The molecule has 0 aliphatic heterocycles. The minimum absolute atomic E-state index is 0.0567. The van der Waals surface area contributed by atoms with Gasteiger partial charge in [-0.2, -0.15) is 0 Å². The highest BCUT2D eigenvalue weighted by Crippen LogP contribution is 2.62. The number of carbonyl (C=O) groups is 1. The zero-order chi connectivity index (χ0) is 16.4. The summed E-state index contributed by atoms with van der Waals surface area (Å²) in [5.41, 5.74) is 2.94. The number of fused-ring (bicyclic) bond motifs is 5. The van der Waals surface area contributed by atoms with Gasteiger partial charge in [0.05, 0.1) is 7.11 Å². The van der Waals surface area contributed by atoms with E-state index in [1.807, 2.05) is 0 Å². The number of benzene rings is 1. The van der Waals surface area contributed by atoms with Gasteiger partial charge in [0.15, 0.2) is 0 Å². The molecule has 0 saturated heterocycles. The Bertz CT molecular complexity index is 649. The second kappa shape index (κ2) is 5.09. The van der Waals surface area contributed by atoms with E-state index in [0.29, 0.717) is 35.4 Å². The van der Waals surface area contributed by atoms with E-state index in [9.17, 15) is 4.79 Å². The predicted molar refractivity (Wildman–Crippen MR) is 91.7 cm³/mol. The maximum Gasteiger partial charge on any atom is 0.139 e. The van der Waals surface area contributed by atoms with Gasteiger partial charge < -0.3 is 4.74 Å². The maximum absolute atomic E-state index is 12.6. The Kier molecular flexibility index (Phi) is 3.37. The molecule has 1 aromatic carbocycles. The summed E-state index contributed by atoms with van der Waals surface area (Å²) in [4.78, 5) is 12.6. The molecule has 4 rings (SSSR count). The summed E-state index contributed by atoms with van der Waals surface area (Å²) in [5, 5.41) is 0. The molecule has 0 spiro atoms. The molecule has 0 bridgehead atoms. The van der Waals surface area contributed by atoms with Crippen molar-refractivity contribution in [1.82, 2.24) is 0 Å². The van der Waals surface area contributed by atoms with Gasteiger partial charge in [-0.3, -0.25) is 4.79 Å². The van der Waals surface area contributed by atoms with Gasteiger partial charge in [0.2, 0.25) is 0 Å². The summed E-state index contributed by atoms with van der Waals surface area (Å²) in [6, 6.07) is 6.64. The number of rotatable bonds is 1. The van der Waals surface area contributed by atoms with Crippen molar-refractivity contribution in [1.29, 1.82) is 0 Å². The van der Waals surface area contributed by atoms with Crippen LogP contribution in [0.15, 0.2) is 18.2 Å². The highest BCUT2D eigenvalue weighted by molar-refractivity contribution is 5.87. The molecule has 0 aromatic heterocycles. The molecule has 0 amide bonds. The van der Waals surface area contributed by atoms with Crippen molar-refractivity contribution in [2.75, 3.05) is 7.11 Å². The minimum Gasteiger partial charge on any atom is -0.497 e. The second-order valence-electron chi connectivity index (χ2n) is 8.52. The fourth-order valence-electron chi connectivity index (χ4n) is 6.32. The molecule has 2 saturated carbocycles. The molecule has 3 aliphatic rings. The third-order valence-electron chi connectivity index (χ3n) is 7.30. The first-order valence-corrected chi connectivity index (χ1v) is 9.16. The van der Waals surface area contributed by atoms with Crippen LogP contribution in [0.2, 0.25) is 0 Å². The molecule has 0 radical (unpaired) electrons. The number of ketones is 1. The molecule has 0 unspecified atom stereocenters. The molecule has 1 aromatic rings. The van der Waals surface area contributed by atoms with E-state index >= 15 is 0 Å². The van der Waals surface area contributed by atoms with Crippen LogP contribution in [0.5, 0.6) is 5.75 Å². The lowest BCUT2D eigenvalue weighted by Gasteiger charge is -2.52. The Morgan fingerprint density at radius 3 is 2.70 bits per heavy atom. The van der Waals surface area contributed by atoms with E-state index in [2.05, 4.69) is 39.0 Å². The van der Waals surface area contributed by atoms with Crippen molar-refractivity contribution in [3.05, 3.63) is 29.3 Å². The van der Waals surface area contributed by atoms with Crippen LogP contribution in [0.4, 0.5) is 0 Å². The summed E-state index contributed by atoms with van der Waals surface area (Å²) in [5.74, 6) is 4.56. The average Bonchev–Trinajstić information content (AvgIpc) is 2.76. The molecule has 2 nitrogen and oxygen atoms in total. The average molecular weight is 312 g/mol. The molecule has 3 aliphatic carbocycles. The summed E-state index contributed by atoms with van der Waals surface area (Å²) >= 11 is 0. The van der Waals surface area contributed by atoms with Crippen LogP contribution < -0.4 is 4.74 Å². The lowest BCUT2D eigenvalue weighted by Crippen LogP contribution is -2.46. The third-order valence-corrected chi connectivity index (χ3v) is 7.30. The normalized spacial score (nSPS) is 41.9. The van der Waals surface area contributed by atoms with Crippen molar-refractivity contribution in [3.63, 3.8) is 0 Å². The van der Waals surface area contributed by atoms with Gasteiger partial charge in [-0.1, -0.05) is 26.8 Å². The Balaban J connectivity index is 1.77. The van der Waals surface area contributed by atoms with E-state index in [4.69, 9.17) is 4.74 Å². The molecule has 124 valence electrons. The Hall–Kier alpha value is -1.31. The van der Waals surface area contributed by atoms with Gasteiger partial charge in [0.1, 0.15) is 11.5 Å². The van der Waals surface area contributed by atoms with Crippen LogP contribution in [0.3, 0.4) is 0 Å². The first kappa shape index (κ1) is 15.2. The van der Waals surface area contributed by atoms with Crippen molar-refractivity contribution < 1.29 is 9.53 Å². The number of ether oxygens (including phenoxy) is 1. The fourth-order valence-corrected chi connectivity index (χ4v) is 6.32. The van der Waals surface area contributed by atoms with Crippen molar-refractivity contribution >= 4 is 5.78 Å². The zero-order valence-electron chi connectivity index (χ0n) is 14.8. The second-order valence-corrected chi connectivity index (χ2v) is 8.52. The Morgan fingerprint density at radius 2 is 1.96 bits per heavy atom. The SMILES string of the molecule is COc1ccc2c(c1)C[C@@H](C)[C@H]1[C@@H]3[C@H](C)CC(=O)[C@@]3(C)CC[C@H]21. The molecule has 6 atom stereocenters. The Labute approximate surface area is 139 Å². The van der Waals surface area contributed by atoms with Gasteiger partial charge >= 0.3 is 0 Å². The van der Waals surface area contributed by atoms with Gasteiger partial charge in [0, 0.05) is 11.8 Å². The molecular formula is C21H28O2. The lowest BCUT2D eigenvalue weighted by molar-refractivity contribution is -0.130. The molecular weight excluding hydrogens is 284 g/mol. The lowest BCUT2D eigenvalue weighted by atomic mass is 9.52. The van der Waals surface area contributed by atoms with Crippen LogP contribution >= 0.6 is 0 Å². The number of hydrogen-bond donors (Lipinski definition) is 0. The predicted octanol–water partition coefficient (Wildman–Crippen LogP) is 4.61. The van der Waals surface area contributed by atoms with Crippen LogP contribution in [0, 0.1) is 29.1 Å². The topological polar surface area (TPSA) is 26.3 Å². The standard InChI is InChI=1S/C21H28O2/c1-12-9-14-11-15(23-4)5-6-16(14)17-7-8-21(3)18(22)10-13(2)20(21)19(12)17/h5-6,11-13,17,19-20H,7-10H2,1-4H3/t12-,13-,17-,19-,20+,21-/m1/s1. The first-order chi connectivity index (χ1) is 11.0. The molecule has 23 heavy (non-hydrogen) atoms. The van der Waals surface area contributed by atoms with Gasteiger partial charge in [-0.15, -0.1) is 0 Å². The van der Waals surface area contributed by atoms with Crippen molar-refractivity contribution in [2.45, 2.75) is 52.4 Å². The summed E-state index contributed by atoms with van der Waals surface area (Å²) in [6.07, 6.45) is 4.16. The number of methoxy groups -OCH3 is 1. The molecule has 2 fully saturated rings. The summed E-state index contributed by atoms with van der Waals surface area (Å²) in [6.45, 7) is 6.98. The van der Waals surface area contributed by atoms with E-state index in [1.54, 1.807) is 7.11 Å². The molecule has 2 heteroatoms. The van der Waals surface area contributed by atoms with Gasteiger partial charge in [-0.25, -0.2) is 0 Å². The smallest absolute Gasteiger partial charge is 0.139 e. The van der Waals surface area contributed by atoms with Crippen molar-refractivity contribution in [2.24, 2.45) is 29.1 Å². The summed E-state index contributed by atoms with van der Waals surface area (Å²) < 4.78 is 5.42. The Morgan fingerprint density at radius 1 is 1.17 bits per heavy atom. The minimum atomic E-state index is -0.0567. The van der Waals surface area contributed by atoms with Gasteiger partial charge in [0.25, 0.3) is 0 Å². The number of Topliss-reactive ketones (excluding diaryl/α,β-unsaturated/α-hetero) is 1. The summed E-state index contributed by atoms with van der Waals surface area (Å²) in [7, 11) is 1.74. The number of hydrogen-bond acceptors (Lipinski definition) is 2. The van der Waals surface area contributed by atoms with Crippen molar-refractivity contribution in [3.8, 4) is 5.75 Å². The highest BCUT2D eigenvalue weighted by Gasteiger charge is 2.58. The quantitative estimate of drug-likeness (QED) is 0.757. The highest BCUT2D eigenvalue weighted by atomic mass is 16.5. The maximum atomic E-state index is 12.6. The monoisotopic (exact) mass is 312 g/mol. The van der Waals surface area contributed by atoms with Crippen LogP contribution in [-0.2, 0) is 11.2 Å². The molecule has 0 N–H and O–H groups in total. The van der Waals surface area contributed by atoms with E-state index in [-0.39, 0.29) is 5.41 Å². The number of carbonyl (C=O) groups excluding carboxylic acids is 1. The van der Waals surface area contributed by atoms with E-state index < -0.39 is 0 Å². The van der Waals surface area contributed by atoms with E-state index in [1.165, 1.54) is 17.5 Å². The van der Waals surface area contributed by atoms with Crippen LogP contribution in [0.1, 0.15) is 57.1 Å². The largest absolute Gasteiger partial charge is 0.497 e. The zero-order valence-corrected chi connectivity index (χ0v) is 14.8. The fraction of sp³-hybridized carbons (Fsp3) is 0.667. The van der Waals surface area contributed by atoms with Crippen LogP contribution in [-0.4, -0.2) is 12.9 Å². The first-order valence-electron chi connectivity index (χ1n) is 9.16. The van der Waals surface area contributed by atoms with Crippen LogP contribution in [0.25, 0.3) is 0 Å². The van der Waals surface area contributed by atoms with Gasteiger partial charge in [-0.05, 0) is 72.1 Å². The van der Waals surface area contributed by atoms with E-state index in [0.717, 1.165) is 25.0 Å².